The number of nitrogen functional groups attached to an aromatic ring is 1. The molecule has 0 radical (unpaired) electrons. The highest BCUT2D eigenvalue weighted by atomic mass is 16.5. The molecule has 2 aliphatic rings. The van der Waals surface area contributed by atoms with Crippen LogP contribution in [0.1, 0.15) is 27.4 Å². The monoisotopic (exact) mass is 487 g/mol. The third-order valence-electron chi connectivity index (χ3n) is 6.68. The van der Waals surface area contributed by atoms with E-state index in [0.29, 0.717) is 33.6 Å². The Morgan fingerprint density at radius 3 is 2.69 bits per heavy atom. The van der Waals surface area contributed by atoms with Crippen molar-refractivity contribution in [1.82, 2.24) is 20.7 Å². The van der Waals surface area contributed by atoms with Crippen LogP contribution in [-0.2, 0) is 16.9 Å². The maximum absolute atomic E-state index is 13.2. The van der Waals surface area contributed by atoms with Gasteiger partial charge in [-0.15, -0.1) is 0 Å². The Labute approximate surface area is 204 Å². The van der Waals surface area contributed by atoms with E-state index in [0.717, 1.165) is 11.1 Å². The Kier molecular flexibility index (Phi) is 4.59. The van der Waals surface area contributed by atoms with Crippen LogP contribution < -0.4 is 21.1 Å². The summed E-state index contributed by atoms with van der Waals surface area (Å²) in [5.74, 6) is 0.717. The van der Waals surface area contributed by atoms with Gasteiger partial charge in [-0.2, -0.15) is 0 Å². The van der Waals surface area contributed by atoms with Gasteiger partial charge in [0.1, 0.15) is 22.9 Å². The second-order valence-corrected chi connectivity index (χ2v) is 8.86. The van der Waals surface area contributed by atoms with Crippen LogP contribution in [0, 0.1) is 6.92 Å². The van der Waals surface area contributed by atoms with Gasteiger partial charge in [0.2, 0.25) is 0 Å². The van der Waals surface area contributed by atoms with Crippen molar-refractivity contribution >= 4 is 34.6 Å². The van der Waals surface area contributed by atoms with Crippen LogP contribution in [-0.4, -0.2) is 41.6 Å². The first-order valence-electron chi connectivity index (χ1n) is 11.1. The molecule has 4 amide bonds. The van der Waals surface area contributed by atoms with Gasteiger partial charge in [-0.25, -0.2) is 4.79 Å². The van der Waals surface area contributed by atoms with Crippen molar-refractivity contribution in [1.29, 1.82) is 0 Å². The van der Waals surface area contributed by atoms with Crippen LogP contribution in [0.2, 0.25) is 0 Å². The summed E-state index contributed by atoms with van der Waals surface area (Å²) in [6.45, 7) is 1.92. The SMILES string of the molecule is COc1ccc2c(c1)C(=O)N(CC1(c3cc4cc(-c5c(N)noc5C)ccc4o3)NC(=O)NC1=O)C2. The third kappa shape index (κ3) is 3.13. The lowest BCUT2D eigenvalue weighted by Crippen LogP contribution is -2.52. The van der Waals surface area contributed by atoms with Crippen molar-refractivity contribution in [2.45, 2.75) is 19.0 Å². The quantitative estimate of drug-likeness (QED) is 0.363. The van der Waals surface area contributed by atoms with Crippen LogP contribution in [0.5, 0.6) is 5.75 Å². The highest BCUT2D eigenvalue weighted by molar-refractivity contribution is 6.08. The zero-order valence-corrected chi connectivity index (χ0v) is 19.4. The van der Waals surface area contributed by atoms with E-state index < -0.39 is 17.5 Å². The molecule has 182 valence electrons. The molecular formula is C25H21N5O6. The number of fused-ring (bicyclic) bond motifs is 2. The molecule has 6 rings (SSSR count). The van der Waals surface area contributed by atoms with Gasteiger partial charge in [-0.3, -0.25) is 14.9 Å². The lowest BCUT2D eigenvalue weighted by Gasteiger charge is -2.29. The van der Waals surface area contributed by atoms with Crippen LogP contribution in [0.4, 0.5) is 10.6 Å². The summed E-state index contributed by atoms with van der Waals surface area (Å²) in [4.78, 5) is 40.1. The predicted octanol–water partition coefficient (Wildman–Crippen LogP) is 2.68. The molecule has 1 saturated heterocycles. The molecule has 0 spiro atoms. The number of carbonyl (C=O) groups excluding carboxylic acids is 3. The molecule has 2 aromatic heterocycles. The second-order valence-electron chi connectivity index (χ2n) is 8.86. The summed E-state index contributed by atoms with van der Waals surface area (Å²) >= 11 is 0. The number of urea groups is 1. The number of amides is 4. The average Bonchev–Trinajstić information content (AvgIpc) is 3.59. The number of nitrogens with two attached hydrogens (primary N) is 1. The summed E-state index contributed by atoms with van der Waals surface area (Å²) < 4.78 is 16.5. The molecule has 11 nitrogen and oxygen atoms in total. The molecule has 0 saturated carbocycles. The minimum absolute atomic E-state index is 0.120. The van der Waals surface area contributed by atoms with Gasteiger partial charge in [0.05, 0.1) is 19.2 Å². The van der Waals surface area contributed by atoms with E-state index in [1.807, 2.05) is 12.1 Å². The van der Waals surface area contributed by atoms with Gasteiger partial charge in [-0.1, -0.05) is 17.3 Å². The van der Waals surface area contributed by atoms with Gasteiger partial charge in [0.15, 0.2) is 11.4 Å². The van der Waals surface area contributed by atoms with Crippen molar-refractivity contribution in [3.05, 3.63) is 65.1 Å². The molecule has 4 N–H and O–H groups in total. The lowest BCUT2D eigenvalue weighted by molar-refractivity contribution is -0.125. The summed E-state index contributed by atoms with van der Waals surface area (Å²) in [7, 11) is 1.53. The smallest absolute Gasteiger partial charge is 0.322 e. The molecule has 0 aliphatic carbocycles. The molecule has 4 aromatic rings. The van der Waals surface area contributed by atoms with Crippen LogP contribution in [0.25, 0.3) is 22.1 Å². The first-order valence-corrected chi connectivity index (χ1v) is 11.1. The van der Waals surface area contributed by atoms with Crippen molar-refractivity contribution < 1.29 is 28.1 Å². The van der Waals surface area contributed by atoms with Crippen LogP contribution in [0.3, 0.4) is 0 Å². The first kappa shape index (κ1) is 21.7. The second kappa shape index (κ2) is 7.60. The molecule has 4 heterocycles. The van der Waals surface area contributed by atoms with E-state index in [1.165, 1.54) is 12.0 Å². The number of nitrogens with one attached hydrogen (secondary N) is 2. The topological polar surface area (TPSA) is 153 Å². The molecule has 36 heavy (non-hydrogen) atoms. The maximum Gasteiger partial charge on any atom is 0.322 e. The average molecular weight is 487 g/mol. The van der Waals surface area contributed by atoms with Crippen molar-refractivity contribution in [2.24, 2.45) is 0 Å². The van der Waals surface area contributed by atoms with Gasteiger partial charge in [-0.05, 0) is 48.4 Å². The molecule has 1 atom stereocenters. The number of benzene rings is 2. The fraction of sp³-hybridized carbons (Fsp3) is 0.200. The van der Waals surface area contributed by atoms with E-state index in [9.17, 15) is 14.4 Å². The Morgan fingerprint density at radius 2 is 2.00 bits per heavy atom. The van der Waals surface area contributed by atoms with Crippen molar-refractivity contribution in [3.8, 4) is 16.9 Å². The predicted molar refractivity (Wildman–Crippen MR) is 127 cm³/mol. The molecule has 11 heteroatoms. The standard InChI is InChI=1S/C25H21N5O6/c1-12-20(21(26)29-36-12)13-4-6-18-15(7-13)8-19(35-18)25(23(32)27-24(33)28-25)11-30-10-14-3-5-16(34-2)9-17(14)22(30)31/h3-9H,10-11H2,1-2H3,(H2,26,29)(H2,27,28,32,33). The Balaban J connectivity index is 1.40. The normalized spacial score (nSPS) is 19.1. The lowest BCUT2D eigenvalue weighted by atomic mass is 9.95. The van der Waals surface area contributed by atoms with Crippen LogP contribution >= 0.6 is 0 Å². The zero-order valence-electron chi connectivity index (χ0n) is 19.4. The van der Waals surface area contributed by atoms with E-state index in [-0.39, 0.29) is 30.6 Å². The molecule has 2 aliphatic heterocycles. The fourth-order valence-corrected chi connectivity index (χ4v) is 4.89. The summed E-state index contributed by atoms with van der Waals surface area (Å²) in [6, 6.07) is 11.6. The zero-order chi connectivity index (χ0) is 25.2. The maximum atomic E-state index is 13.2. The Hall–Kier alpha value is -4.80. The van der Waals surface area contributed by atoms with Gasteiger partial charge in [0, 0.05) is 17.5 Å². The van der Waals surface area contributed by atoms with E-state index >= 15 is 0 Å². The summed E-state index contributed by atoms with van der Waals surface area (Å²) in [6.07, 6.45) is 0. The van der Waals surface area contributed by atoms with E-state index in [4.69, 9.17) is 19.4 Å². The Morgan fingerprint density at radius 1 is 1.17 bits per heavy atom. The summed E-state index contributed by atoms with van der Waals surface area (Å²) in [5, 5.41) is 9.45. The first-order chi connectivity index (χ1) is 17.3. The Bertz CT molecular complexity index is 1570. The van der Waals surface area contributed by atoms with Gasteiger partial charge >= 0.3 is 6.03 Å². The number of hydrogen-bond acceptors (Lipinski definition) is 8. The molecule has 1 unspecified atom stereocenters. The molecule has 2 aromatic carbocycles. The third-order valence-corrected chi connectivity index (χ3v) is 6.68. The summed E-state index contributed by atoms with van der Waals surface area (Å²) in [5.41, 5.74) is 7.57. The minimum Gasteiger partial charge on any atom is -0.497 e. The number of furan rings is 1. The van der Waals surface area contributed by atoms with Crippen molar-refractivity contribution in [3.63, 3.8) is 0 Å². The van der Waals surface area contributed by atoms with E-state index in [1.54, 1.807) is 37.3 Å². The molecule has 0 bridgehead atoms. The number of rotatable bonds is 5. The molecule has 1 fully saturated rings. The number of imide groups is 1. The van der Waals surface area contributed by atoms with E-state index in [2.05, 4.69) is 15.8 Å². The van der Waals surface area contributed by atoms with Gasteiger partial charge in [0.25, 0.3) is 11.8 Å². The largest absolute Gasteiger partial charge is 0.497 e. The number of anilines is 1. The fourth-order valence-electron chi connectivity index (χ4n) is 4.89. The minimum atomic E-state index is -1.61. The number of ether oxygens (including phenoxy) is 1. The highest BCUT2D eigenvalue weighted by Gasteiger charge is 2.53. The highest BCUT2D eigenvalue weighted by Crippen LogP contribution is 2.37. The molecular weight excluding hydrogens is 466 g/mol. The van der Waals surface area contributed by atoms with Crippen molar-refractivity contribution in [2.75, 3.05) is 19.4 Å². The number of nitrogens with zero attached hydrogens (tertiary/aromatic N) is 2. The van der Waals surface area contributed by atoms with Gasteiger partial charge < -0.3 is 29.6 Å². The number of aryl methyl sites for hydroxylation is 1. The number of aromatic nitrogens is 1. The number of carbonyl (C=O) groups is 3. The number of hydrogen-bond donors (Lipinski definition) is 3. The van der Waals surface area contributed by atoms with Crippen LogP contribution in [0.15, 0.2) is 51.4 Å². The number of methoxy groups -OCH3 is 1.